The average molecular weight is 295 g/mol. The first kappa shape index (κ1) is 14.4. The summed E-state index contributed by atoms with van der Waals surface area (Å²) in [4.78, 5) is 20.6. The number of hydrogen-bond acceptors (Lipinski definition) is 6. The predicted octanol–water partition coefficient (Wildman–Crippen LogP) is 1.14. The molecule has 110 valence electrons. The third kappa shape index (κ3) is 3.29. The number of nitro benzene ring substituents is 1. The average Bonchev–Trinajstić information content (AvgIpc) is 2.87. The maximum absolute atomic E-state index is 13.4. The van der Waals surface area contributed by atoms with Gasteiger partial charge in [0.15, 0.2) is 5.69 Å². The van der Waals surface area contributed by atoms with Crippen LogP contribution >= 0.6 is 0 Å². The smallest absolute Gasteiger partial charge is 0.358 e. The maximum Gasteiger partial charge on any atom is 0.358 e. The zero-order valence-corrected chi connectivity index (χ0v) is 10.6. The van der Waals surface area contributed by atoms with Crippen LogP contribution < -0.4 is 5.32 Å². The van der Waals surface area contributed by atoms with Crippen LogP contribution in [0.15, 0.2) is 24.4 Å². The molecule has 10 heteroatoms. The SMILES string of the molecule is O=C(O)c1cn(CCNc2cccc(F)c2[N+](=O)[O-])nn1. The number of nitro groups is 1. The van der Waals surface area contributed by atoms with Gasteiger partial charge in [-0.3, -0.25) is 10.1 Å². The van der Waals surface area contributed by atoms with Crippen LogP contribution in [0.2, 0.25) is 0 Å². The Kier molecular flexibility index (Phi) is 4.07. The fourth-order valence-corrected chi connectivity index (χ4v) is 1.65. The number of rotatable bonds is 6. The van der Waals surface area contributed by atoms with Crippen molar-refractivity contribution in [1.82, 2.24) is 15.0 Å². The molecule has 0 unspecified atom stereocenters. The van der Waals surface area contributed by atoms with Crippen molar-refractivity contribution in [2.75, 3.05) is 11.9 Å². The monoisotopic (exact) mass is 295 g/mol. The van der Waals surface area contributed by atoms with Crippen LogP contribution in [0, 0.1) is 15.9 Å². The van der Waals surface area contributed by atoms with E-state index in [1.54, 1.807) is 0 Å². The van der Waals surface area contributed by atoms with E-state index in [1.807, 2.05) is 0 Å². The minimum absolute atomic E-state index is 0.0403. The molecule has 2 rings (SSSR count). The van der Waals surface area contributed by atoms with E-state index in [-0.39, 0.29) is 24.5 Å². The minimum atomic E-state index is -1.20. The summed E-state index contributed by atoms with van der Waals surface area (Å²) in [5.41, 5.74) is -0.798. The van der Waals surface area contributed by atoms with Gasteiger partial charge in [0.1, 0.15) is 5.69 Å². The lowest BCUT2D eigenvalue weighted by Crippen LogP contribution is -2.12. The highest BCUT2D eigenvalue weighted by Gasteiger charge is 2.19. The molecule has 2 aromatic rings. The largest absolute Gasteiger partial charge is 0.476 e. The van der Waals surface area contributed by atoms with Crippen LogP contribution in [0.1, 0.15) is 10.5 Å². The molecule has 0 aliphatic heterocycles. The number of hydrogen-bond donors (Lipinski definition) is 2. The third-order valence-electron chi connectivity index (χ3n) is 2.58. The van der Waals surface area contributed by atoms with Gasteiger partial charge in [-0.2, -0.15) is 4.39 Å². The van der Waals surface area contributed by atoms with E-state index in [0.29, 0.717) is 0 Å². The normalized spacial score (nSPS) is 10.3. The standard InChI is InChI=1S/C11H10FN5O4/c12-7-2-1-3-8(10(7)17(20)21)13-4-5-16-6-9(11(18)19)14-15-16/h1-3,6,13H,4-5H2,(H,18,19). The number of carboxylic acids is 1. The zero-order valence-electron chi connectivity index (χ0n) is 10.6. The number of benzene rings is 1. The lowest BCUT2D eigenvalue weighted by Gasteiger charge is -2.07. The molecule has 0 atom stereocenters. The highest BCUT2D eigenvalue weighted by molar-refractivity contribution is 5.84. The second-order valence-electron chi connectivity index (χ2n) is 3.99. The molecule has 0 spiro atoms. The number of nitrogens with one attached hydrogen (secondary N) is 1. The fraction of sp³-hybridized carbons (Fsp3) is 0.182. The molecule has 0 bridgehead atoms. The van der Waals surface area contributed by atoms with E-state index in [0.717, 1.165) is 6.07 Å². The van der Waals surface area contributed by atoms with Gasteiger partial charge in [-0.1, -0.05) is 11.3 Å². The van der Waals surface area contributed by atoms with Crippen molar-refractivity contribution < 1.29 is 19.2 Å². The molecular formula is C11H10FN5O4. The van der Waals surface area contributed by atoms with Crippen LogP contribution in [0.25, 0.3) is 0 Å². The van der Waals surface area contributed by atoms with Crippen molar-refractivity contribution in [2.24, 2.45) is 0 Å². The van der Waals surface area contributed by atoms with Crippen LogP contribution in [0.3, 0.4) is 0 Å². The van der Waals surface area contributed by atoms with Gasteiger partial charge in [-0.15, -0.1) is 5.10 Å². The molecule has 2 N–H and O–H groups in total. The molecular weight excluding hydrogens is 285 g/mol. The lowest BCUT2D eigenvalue weighted by atomic mass is 10.2. The summed E-state index contributed by atoms with van der Waals surface area (Å²) in [6, 6.07) is 3.73. The molecule has 1 aromatic carbocycles. The summed E-state index contributed by atoms with van der Waals surface area (Å²) in [6.07, 6.45) is 1.23. The van der Waals surface area contributed by atoms with E-state index in [1.165, 1.54) is 23.0 Å². The Morgan fingerprint density at radius 2 is 2.29 bits per heavy atom. The molecule has 0 amide bonds. The Bertz CT molecular complexity index is 687. The van der Waals surface area contributed by atoms with Crippen molar-refractivity contribution in [2.45, 2.75) is 6.54 Å². The summed E-state index contributed by atoms with van der Waals surface area (Å²) in [6.45, 7) is 0.403. The van der Waals surface area contributed by atoms with E-state index in [9.17, 15) is 19.3 Å². The van der Waals surface area contributed by atoms with Gasteiger partial charge < -0.3 is 10.4 Å². The van der Waals surface area contributed by atoms with Crippen molar-refractivity contribution >= 4 is 17.3 Å². The van der Waals surface area contributed by atoms with Gasteiger partial charge in [0.05, 0.1) is 17.7 Å². The number of nitrogens with zero attached hydrogens (tertiary/aromatic N) is 4. The number of carbonyl (C=O) groups is 1. The van der Waals surface area contributed by atoms with Crippen molar-refractivity contribution in [3.05, 3.63) is 46.0 Å². The Morgan fingerprint density at radius 3 is 2.90 bits per heavy atom. The number of aromatic nitrogens is 3. The Hall–Kier alpha value is -3.04. The van der Waals surface area contributed by atoms with Crippen molar-refractivity contribution in [1.29, 1.82) is 0 Å². The van der Waals surface area contributed by atoms with Gasteiger partial charge >= 0.3 is 11.7 Å². The Balaban J connectivity index is 2.02. The number of aromatic carboxylic acids is 1. The highest BCUT2D eigenvalue weighted by atomic mass is 19.1. The molecule has 0 aliphatic carbocycles. The molecule has 0 fully saturated rings. The van der Waals surface area contributed by atoms with E-state index in [4.69, 9.17) is 5.11 Å². The molecule has 0 saturated carbocycles. The Morgan fingerprint density at radius 1 is 1.52 bits per heavy atom. The van der Waals surface area contributed by atoms with Gasteiger partial charge in [0, 0.05) is 6.54 Å². The van der Waals surface area contributed by atoms with Crippen molar-refractivity contribution in [3.63, 3.8) is 0 Å². The predicted molar refractivity (Wildman–Crippen MR) is 68.5 cm³/mol. The van der Waals surface area contributed by atoms with E-state index >= 15 is 0 Å². The van der Waals surface area contributed by atoms with Crippen LogP contribution in [0.5, 0.6) is 0 Å². The number of anilines is 1. The van der Waals surface area contributed by atoms with E-state index < -0.39 is 22.4 Å². The summed E-state index contributed by atoms with van der Waals surface area (Å²) in [5, 5.41) is 29.2. The summed E-state index contributed by atoms with van der Waals surface area (Å²) >= 11 is 0. The molecule has 0 saturated heterocycles. The second kappa shape index (κ2) is 5.94. The highest BCUT2D eigenvalue weighted by Crippen LogP contribution is 2.26. The number of carboxylic acid groups (broad SMARTS) is 1. The van der Waals surface area contributed by atoms with Crippen LogP contribution in [-0.2, 0) is 6.54 Å². The fourth-order valence-electron chi connectivity index (χ4n) is 1.65. The summed E-state index contributed by atoms with van der Waals surface area (Å²) < 4.78 is 14.6. The minimum Gasteiger partial charge on any atom is -0.476 e. The van der Waals surface area contributed by atoms with Gasteiger partial charge in [0.2, 0.25) is 5.82 Å². The van der Waals surface area contributed by atoms with Crippen molar-refractivity contribution in [3.8, 4) is 0 Å². The van der Waals surface area contributed by atoms with Gasteiger partial charge in [0.25, 0.3) is 0 Å². The zero-order chi connectivity index (χ0) is 15.4. The number of para-hydroxylation sites is 1. The first-order valence-electron chi connectivity index (χ1n) is 5.79. The summed E-state index contributed by atoms with van der Waals surface area (Å²) in [7, 11) is 0. The third-order valence-corrected chi connectivity index (χ3v) is 2.58. The maximum atomic E-state index is 13.4. The summed E-state index contributed by atoms with van der Waals surface area (Å²) in [5.74, 6) is -2.13. The van der Waals surface area contributed by atoms with E-state index in [2.05, 4.69) is 15.6 Å². The van der Waals surface area contributed by atoms with Crippen LogP contribution in [0.4, 0.5) is 15.8 Å². The topological polar surface area (TPSA) is 123 Å². The van der Waals surface area contributed by atoms with Gasteiger partial charge in [-0.25, -0.2) is 9.48 Å². The molecule has 21 heavy (non-hydrogen) atoms. The number of halogens is 1. The molecule has 9 nitrogen and oxygen atoms in total. The first-order chi connectivity index (χ1) is 9.99. The molecule has 0 radical (unpaired) electrons. The van der Waals surface area contributed by atoms with Gasteiger partial charge in [-0.05, 0) is 12.1 Å². The lowest BCUT2D eigenvalue weighted by molar-refractivity contribution is -0.386. The molecule has 0 aliphatic rings. The quantitative estimate of drug-likeness (QED) is 0.604. The first-order valence-corrected chi connectivity index (χ1v) is 5.79. The second-order valence-corrected chi connectivity index (χ2v) is 3.99. The molecule has 1 aromatic heterocycles. The Labute approximate surface area is 117 Å². The molecule has 1 heterocycles. The van der Waals surface area contributed by atoms with Crippen LogP contribution in [-0.4, -0.2) is 37.5 Å².